The molecule has 0 bridgehead atoms. The van der Waals surface area contributed by atoms with Crippen molar-refractivity contribution in [2.75, 3.05) is 18.8 Å². The van der Waals surface area contributed by atoms with Gasteiger partial charge in [0.05, 0.1) is 0 Å². The van der Waals surface area contributed by atoms with Gasteiger partial charge in [0.15, 0.2) is 0 Å². The van der Waals surface area contributed by atoms with Gasteiger partial charge in [0, 0.05) is 0 Å². The van der Waals surface area contributed by atoms with Crippen LogP contribution in [0.4, 0.5) is 0 Å². The van der Waals surface area contributed by atoms with Crippen molar-refractivity contribution in [3.8, 4) is 0 Å². The lowest BCUT2D eigenvalue weighted by Crippen LogP contribution is -2.15. The third kappa shape index (κ3) is 4.73. The molecule has 0 atom stereocenters. The SMILES string of the molecule is CCCC(CCC)S(C)(C)C. The van der Waals surface area contributed by atoms with E-state index in [1.165, 1.54) is 25.7 Å². The summed E-state index contributed by atoms with van der Waals surface area (Å²) in [5.41, 5.74) is 0. The van der Waals surface area contributed by atoms with Gasteiger partial charge in [-0.1, -0.05) is 26.7 Å². The first-order valence-electron chi connectivity index (χ1n) is 4.69. The molecule has 0 aromatic carbocycles. The normalized spacial score (nSPS) is 14.0. The molecule has 0 rings (SSSR count). The predicted octanol–water partition coefficient (Wildman–Crippen LogP) is 3.65. The van der Waals surface area contributed by atoms with Gasteiger partial charge in [0.1, 0.15) is 0 Å². The fraction of sp³-hybridized carbons (Fsp3) is 1.00. The van der Waals surface area contributed by atoms with Crippen molar-refractivity contribution >= 4 is 10.0 Å². The molecule has 0 aliphatic rings. The molecular formula is C10H24S. The van der Waals surface area contributed by atoms with E-state index in [0.717, 1.165) is 5.25 Å². The molecule has 0 saturated carbocycles. The van der Waals surface area contributed by atoms with Crippen molar-refractivity contribution in [1.29, 1.82) is 0 Å². The topological polar surface area (TPSA) is 0 Å². The average Bonchev–Trinajstić information content (AvgIpc) is 1.85. The van der Waals surface area contributed by atoms with E-state index in [2.05, 4.69) is 32.6 Å². The van der Waals surface area contributed by atoms with Crippen molar-refractivity contribution in [2.24, 2.45) is 0 Å². The van der Waals surface area contributed by atoms with E-state index < -0.39 is 0 Å². The van der Waals surface area contributed by atoms with Crippen LogP contribution in [0.5, 0.6) is 0 Å². The Kier molecular flexibility index (Phi) is 5.24. The van der Waals surface area contributed by atoms with Crippen molar-refractivity contribution in [1.82, 2.24) is 0 Å². The molecular weight excluding hydrogens is 152 g/mol. The monoisotopic (exact) mass is 176 g/mol. The maximum atomic E-state index is 2.45. The standard InChI is InChI=1S/C10H24S/c1-6-8-10(9-7-2)11(3,4)5/h10H,6-9H2,1-5H3. The van der Waals surface area contributed by atoms with Crippen LogP contribution in [0.25, 0.3) is 0 Å². The van der Waals surface area contributed by atoms with E-state index in [1.54, 1.807) is 0 Å². The van der Waals surface area contributed by atoms with Crippen molar-refractivity contribution in [3.05, 3.63) is 0 Å². The summed E-state index contributed by atoms with van der Waals surface area (Å²) < 4.78 is 0. The Morgan fingerprint density at radius 3 is 1.45 bits per heavy atom. The molecule has 0 heterocycles. The van der Waals surface area contributed by atoms with Gasteiger partial charge in [0.25, 0.3) is 0 Å². The van der Waals surface area contributed by atoms with Gasteiger partial charge in [-0.15, -0.1) is 0 Å². The quantitative estimate of drug-likeness (QED) is 0.600. The second-order valence-corrected chi connectivity index (χ2v) is 8.66. The van der Waals surface area contributed by atoms with E-state index >= 15 is 0 Å². The van der Waals surface area contributed by atoms with Gasteiger partial charge in [0.2, 0.25) is 0 Å². The summed E-state index contributed by atoms with van der Waals surface area (Å²) in [5, 5.41) is 1.01. The summed E-state index contributed by atoms with van der Waals surface area (Å²) in [6.07, 6.45) is 12.9. The second-order valence-electron chi connectivity index (χ2n) is 4.13. The van der Waals surface area contributed by atoms with Crippen LogP contribution in [-0.2, 0) is 0 Å². The molecule has 0 aliphatic carbocycles. The number of hydrogen-bond acceptors (Lipinski definition) is 0. The highest BCUT2D eigenvalue weighted by Gasteiger charge is 2.17. The first-order valence-corrected chi connectivity index (χ1v) is 7.61. The number of rotatable bonds is 5. The molecule has 0 saturated heterocycles. The smallest absolute Gasteiger partial charge is 0.0119 e. The zero-order valence-corrected chi connectivity index (χ0v) is 9.63. The third-order valence-corrected chi connectivity index (χ3v) is 4.69. The van der Waals surface area contributed by atoms with Crippen LogP contribution >= 0.6 is 10.0 Å². The summed E-state index contributed by atoms with van der Waals surface area (Å²) in [4.78, 5) is 0. The fourth-order valence-electron chi connectivity index (χ4n) is 1.50. The van der Waals surface area contributed by atoms with Crippen LogP contribution in [-0.4, -0.2) is 24.0 Å². The molecule has 0 nitrogen and oxygen atoms in total. The van der Waals surface area contributed by atoms with Gasteiger partial charge in [-0.3, -0.25) is 0 Å². The van der Waals surface area contributed by atoms with E-state index in [1.807, 2.05) is 0 Å². The minimum Gasteiger partial charge on any atom is -0.247 e. The van der Waals surface area contributed by atoms with E-state index in [4.69, 9.17) is 0 Å². The average molecular weight is 176 g/mol. The van der Waals surface area contributed by atoms with Crippen molar-refractivity contribution in [3.63, 3.8) is 0 Å². The Bertz CT molecular complexity index is 85.5. The van der Waals surface area contributed by atoms with Gasteiger partial charge >= 0.3 is 0 Å². The van der Waals surface area contributed by atoms with Crippen LogP contribution in [0.2, 0.25) is 0 Å². The molecule has 0 aromatic rings. The number of hydrogen-bond donors (Lipinski definition) is 0. The minimum absolute atomic E-state index is 0.289. The molecule has 0 N–H and O–H groups in total. The molecule has 70 valence electrons. The first-order chi connectivity index (χ1) is 5.02. The molecule has 0 radical (unpaired) electrons. The van der Waals surface area contributed by atoms with Gasteiger partial charge in [-0.05, 0) is 36.9 Å². The van der Waals surface area contributed by atoms with Crippen LogP contribution < -0.4 is 0 Å². The zero-order valence-electron chi connectivity index (χ0n) is 8.81. The third-order valence-electron chi connectivity index (χ3n) is 2.22. The maximum absolute atomic E-state index is 2.45. The van der Waals surface area contributed by atoms with Gasteiger partial charge in [-0.25, -0.2) is 10.0 Å². The molecule has 0 aliphatic heterocycles. The van der Waals surface area contributed by atoms with Crippen LogP contribution in [0.15, 0.2) is 0 Å². The summed E-state index contributed by atoms with van der Waals surface area (Å²) in [7, 11) is -0.289. The Hall–Kier alpha value is 0.350. The lowest BCUT2D eigenvalue weighted by molar-refractivity contribution is 0.667. The summed E-state index contributed by atoms with van der Waals surface area (Å²) in [6, 6.07) is 0. The Balaban J connectivity index is 3.88. The lowest BCUT2D eigenvalue weighted by Gasteiger charge is -2.36. The summed E-state index contributed by atoms with van der Waals surface area (Å²) >= 11 is 0. The van der Waals surface area contributed by atoms with Crippen LogP contribution in [0.1, 0.15) is 39.5 Å². The molecule has 0 spiro atoms. The molecule has 0 unspecified atom stereocenters. The van der Waals surface area contributed by atoms with Gasteiger partial charge < -0.3 is 0 Å². The molecule has 0 amide bonds. The zero-order chi connectivity index (χ0) is 8.91. The van der Waals surface area contributed by atoms with Gasteiger partial charge in [-0.2, -0.15) is 0 Å². The van der Waals surface area contributed by atoms with Crippen LogP contribution in [0.3, 0.4) is 0 Å². The largest absolute Gasteiger partial charge is 0.247 e. The molecule has 1 heteroatoms. The second kappa shape index (κ2) is 5.08. The van der Waals surface area contributed by atoms with E-state index in [9.17, 15) is 0 Å². The van der Waals surface area contributed by atoms with E-state index in [-0.39, 0.29) is 10.0 Å². The Morgan fingerprint density at radius 2 is 1.27 bits per heavy atom. The highest BCUT2D eigenvalue weighted by molar-refractivity contribution is 8.32. The van der Waals surface area contributed by atoms with Crippen molar-refractivity contribution in [2.45, 2.75) is 44.8 Å². The highest BCUT2D eigenvalue weighted by Crippen LogP contribution is 2.45. The predicted molar refractivity (Wildman–Crippen MR) is 59.0 cm³/mol. The lowest BCUT2D eigenvalue weighted by atomic mass is 10.2. The molecule has 11 heavy (non-hydrogen) atoms. The molecule has 0 fully saturated rings. The van der Waals surface area contributed by atoms with Crippen molar-refractivity contribution < 1.29 is 0 Å². The fourth-order valence-corrected chi connectivity index (χ4v) is 3.38. The maximum Gasteiger partial charge on any atom is -0.0119 e. The summed E-state index contributed by atoms with van der Waals surface area (Å²) in [5.74, 6) is 0. The highest BCUT2D eigenvalue weighted by atomic mass is 32.3. The molecule has 0 aromatic heterocycles. The summed E-state index contributed by atoms with van der Waals surface area (Å²) in [6.45, 7) is 4.60. The Labute approximate surface area is 74.1 Å². The van der Waals surface area contributed by atoms with E-state index in [0.29, 0.717) is 0 Å². The minimum atomic E-state index is -0.289. The Morgan fingerprint density at radius 1 is 0.909 bits per heavy atom. The van der Waals surface area contributed by atoms with Crippen LogP contribution in [0, 0.1) is 0 Å². The first kappa shape index (κ1) is 11.4.